The van der Waals surface area contributed by atoms with Crippen molar-refractivity contribution in [3.05, 3.63) is 39.7 Å². The maximum atomic E-state index is 13.5. The zero-order valence-corrected chi connectivity index (χ0v) is 14.7. The van der Waals surface area contributed by atoms with E-state index in [-0.39, 0.29) is 18.1 Å². The third-order valence-corrected chi connectivity index (χ3v) is 4.60. The van der Waals surface area contributed by atoms with E-state index in [1.807, 2.05) is 5.32 Å². The Morgan fingerprint density at radius 3 is 2.61 bits per heavy atom. The number of esters is 1. The average Bonchev–Trinajstić information content (AvgIpc) is 2.87. The number of Topliss-reactive ketones (excluding diaryl/α,β-unsaturated/α-hetero) is 1. The number of hydrogen-bond donors (Lipinski definition) is 1. The van der Waals surface area contributed by atoms with Gasteiger partial charge in [0.1, 0.15) is 5.78 Å². The van der Waals surface area contributed by atoms with Crippen LogP contribution in [0.5, 0.6) is 0 Å². The van der Waals surface area contributed by atoms with E-state index in [1.54, 1.807) is 6.92 Å². The fraction of sp³-hybridized carbons (Fsp3) is 0.471. The summed E-state index contributed by atoms with van der Waals surface area (Å²) in [6.07, 6.45) is -0.305. The Labute approximate surface area is 157 Å². The first-order valence-corrected chi connectivity index (χ1v) is 8.33. The molecule has 0 saturated heterocycles. The van der Waals surface area contributed by atoms with Gasteiger partial charge in [0.15, 0.2) is 24.1 Å². The van der Waals surface area contributed by atoms with Crippen molar-refractivity contribution >= 4 is 23.3 Å². The van der Waals surface area contributed by atoms with Gasteiger partial charge in [0.25, 0.3) is 5.91 Å². The lowest BCUT2D eigenvalue weighted by molar-refractivity contribution is -0.490. The van der Waals surface area contributed by atoms with E-state index in [2.05, 4.69) is 0 Å². The quantitative estimate of drug-likeness (QED) is 0.323. The average molecular weight is 402 g/mol. The van der Waals surface area contributed by atoms with Crippen molar-refractivity contribution in [2.24, 2.45) is 17.8 Å². The molecule has 8 nitrogen and oxygen atoms in total. The maximum Gasteiger partial charge on any atom is 0.307 e. The molecule has 1 aliphatic carbocycles. The SMILES string of the molecule is C[C@@H]1CC(=O)[C@@H](CC(=O)OCC(=O)Nc2ccc(F)c(F)c2F)[C@@H]1C[N+](=O)[O-]. The molecule has 1 aromatic carbocycles. The second-order valence-corrected chi connectivity index (χ2v) is 6.57. The van der Waals surface area contributed by atoms with E-state index in [4.69, 9.17) is 4.74 Å². The second kappa shape index (κ2) is 8.81. The summed E-state index contributed by atoms with van der Waals surface area (Å²) in [7, 11) is 0. The predicted octanol–water partition coefficient (Wildman–Crippen LogP) is 2.09. The molecule has 152 valence electrons. The minimum absolute atomic E-state index is 0.117. The summed E-state index contributed by atoms with van der Waals surface area (Å²) in [6.45, 7) is 0.371. The van der Waals surface area contributed by atoms with Gasteiger partial charge in [0.2, 0.25) is 6.54 Å². The molecular formula is C17H17F3N2O6. The van der Waals surface area contributed by atoms with Gasteiger partial charge in [-0.25, -0.2) is 13.2 Å². The highest BCUT2D eigenvalue weighted by atomic mass is 19.2. The molecule has 0 unspecified atom stereocenters. The predicted molar refractivity (Wildman–Crippen MR) is 88.2 cm³/mol. The molecule has 1 aliphatic rings. The normalized spacial score (nSPS) is 21.4. The van der Waals surface area contributed by atoms with Crippen LogP contribution >= 0.6 is 0 Å². The topological polar surface area (TPSA) is 116 Å². The van der Waals surface area contributed by atoms with E-state index >= 15 is 0 Å². The Morgan fingerprint density at radius 1 is 1.29 bits per heavy atom. The zero-order chi connectivity index (χ0) is 21.0. The molecule has 0 aliphatic heterocycles. The van der Waals surface area contributed by atoms with Crippen LogP contribution in [0.2, 0.25) is 0 Å². The minimum atomic E-state index is -1.76. The van der Waals surface area contributed by atoms with Gasteiger partial charge in [-0.1, -0.05) is 6.92 Å². The third kappa shape index (κ3) is 5.05. The molecular weight excluding hydrogens is 385 g/mol. The lowest BCUT2D eigenvalue weighted by atomic mass is 9.88. The Morgan fingerprint density at radius 2 is 1.96 bits per heavy atom. The van der Waals surface area contributed by atoms with Crippen molar-refractivity contribution in [2.45, 2.75) is 19.8 Å². The molecule has 1 saturated carbocycles. The molecule has 1 N–H and O–H groups in total. The van der Waals surface area contributed by atoms with Crippen molar-refractivity contribution in [3.63, 3.8) is 0 Å². The monoisotopic (exact) mass is 402 g/mol. The van der Waals surface area contributed by atoms with Crippen molar-refractivity contribution < 1.29 is 37.2 Å². The van der Waals surface area contributed by atoms with Gasteiger partial charge in [0, 0.05) is 23.2 Å². The molecule has 0 heterocycles. The van der Waals surface area contributed by atoms with Gasteiger partial charge in [-0.05, 0) is 18.1 Å². The van der Waals surface area contributed by atoms with E-state index in [0.29, 0.717) is 6.07 Å². The second-order valence-electron chi connectivity index (χ2n) is 6.57. The number of nitro groups is 1. The highest BCUT2D eigenvalue weighted by Gasteiger charge is 2.44. The molecule has 11 heteroatoms. The number of halogens is 3. The van der Waals surface area contributed by atoms with Crippen molar-refractivity contribution in [1.82, 2.24) is 0 Å². The first-order valence-electron chi connectivity index (χ1n) is 8.33. The van der Waals surface area contributed by atoms with Gasteiger partial charge in [0.05, 0.1) is 12.1 Å². The number of nitrogens with zero attached hydrogens (tertiary/aromatic N) is 1. The lowest BCUT2D eigenvalue weighted by Gasteiger charge is -2.17. The summed E-state index contributed by atoms with van der Waals surface area (Å²) >= 11 is 0. The number of rotatable bonds is 7. The Hall–Kier alpha value is -2.98. The van der Waals surface area contributed by atoms with Crippen LogP contribution in [0.4, 0.5) is 18.9 Å². The molecule has 0 spiro atoms. The molecule has 28 heavy (non-hydrogen) atoms. The van der Waals surface area contributed by atoms with Crippen molar-refractivity contribution in [3.8, 4) is 0 Å². The van der Waals surface area contributed by atoms with E-state index in [0.717, 1.165) is 6.07 Å². The zero-order valence-electron chi connectivity index (χ0n) is 14.7. The van der Waals surface area contributed by atoms with Crippen LogP contribution in [0.25, 0.3) is 0 Å². The van der Waals surface area contributed by atoms with Gasteiger partial charge < -0.3 is 10.1 Å². The smallest absolute Gasteiger partial charge is 0.307 e. The Balaban J connectivity index is 1.89. The van der Waals surface area contributed by atoms with E-state index in [1.165, 1.54) is 0 Å². The van der Waals surface area contributed by atoms with Crippen molar-refractivity contribution in [2.75, 3.05) is 18.5 Å². The van der Waals surface area contributed by atoms with Gasteiger partial charge >= 0.3 is 5.97 Å². The number of ether oxygens (including phenoxy) is 1. The number of carbonyl (C=O) groups is 3. The van der Waals surface area contributed by atoms with Gasteiger partial charge in [-0.15, -0.1) is 0 Å². The summed E-state index contributed by atoms with van der Waals surface area (Å²) in [5, 5.41) is 12.7. The van der Waals surface area contributed by atoms with Crippen LogP contribution in [0.15, 0.2) is 12.1 Å². The standard InChI is InChI=1S/C17H17F3N2O6/c1-8-4-13(23)9(10(8)6-22(26)27)5-15(25)28-7-14(24)21-12-3-2-11(18)16(19)17(12)20/h2-3,8-10H,4-7H2,1H3,(H,21,24)/t8-,9+,10-/m1/s1. The van der Waals surface area contributed by atoms with Gasteiger partial charge in [-0.2, -0.15) is 0 Å². The first kappa shape index (κ1) is 21.3. The fourth-order valence-electron chi connectivity index (χ4n) is 3.19. The minimum Gasteiger partial charge on any atom is -0.456 e. The Bertz CT molecular complexity index is 816. The number of amides is 1. The molecule has 3 atom stereocenters. The van der Waals surface area contributed by atoms with Crippen molar-refractivity contribution in [1.29, 1.82) is 0 Å². The van der Waals surface area contributed by atoms with Crippen LogP contribution in [0.3, 0.4) is 0 Å². The third-order valence-electron chi connectivity index (χ3n) is 4.60. The van der Waals surface area contributed by atoms with Crippen LogP contribution in [-0.4, -0.2) is 35.7 Å². The van der Waals surface area contributed by atoms with Gasteiger partial charge in [-0.3, -0.25) is 24.5 Å². The van der Waals surface area contributed by atoms with Crippen LogP contribution in [-0.2, 0) is 19.1 Å². The number of anilines is 1. The van der Waals surface area contributed by atoms with Crippen LogP contribution in [0.1, 0.15) is 19.8 Å². The number of carbonyl (C=O) groups excluding carboxylic acids is 3. The highest BCUT2D eigenvalue weighted by molar-refractivity contribution is 5.93. The highest BCUT2D eigenvalue weighted by Crippen LogP contribution is 2.36. The number of benzene rings is 1. The molecule has 2 rings (SSSR count). The van der Waals surface area contributed by atoms with Crippen LogP contribution in [0, 0.1) is 45.3 Å². The number of ketones is 1. The molecule has 0 bridgehead atoms. The summed E-state index contributed by atoms with van der Waals surface area (Å²) in [6, 6.07) is 1.41. The number of hydrogen-bond acceptors (Lipinski definition) is 6. The summed E-state index contributed by atoms with van der Waals surface area (Å²) in [4.78, 5) is 45.8. The van der Waals surface area contributed by atoms with E-state index < -0.39 is 71.3 Å². The Kier molecular flexibility index (Phi) is 6.71. The summed E-state index contributed by atoms with van der Waals surface area (Å²) in [5.74, 6) is -8.76. The first-order chi connectivity index (χ1) is 13.1. The summed E-state index contributed by atoms with van der Waals surface area (Å²) < 4.78 is 44.2. The maximum absolute atomic E-state index is 13.5. The van der Waals surface area contributed by atoms with Crippen LogP contribution < -0.4 is 5.32 Å². The molecule has 0 aromatic heterocycles. The fourth-order valence-corrected chi connectivity index (χ4v) is 3.19. The molecule has 1 aromatic rings. The largest absolute Gasteiger partial charge is 0.456 e. The molecule has 0 radical (unpaired) electrons. The molecule has 1 fully saturated rings. The summed E-state index contributed by atoms with van der Waals surface area (Å²) in [5.41, 5.74) is -0.634. The lowest BCUT2D eigenvalue weighted by Crippen LogP contribution is -2.28. The van der Waals surface area contributed by atoms with E-state index in [9.17, 15) is 37.7 Å². The number of nitrogens with one attached hydrogen (secondary N) is 1. The molecule has 1 amide bonds.